The van der Waals surface area contributed by atoms with Crippen LogP contribution in [0, 0.1) is 29.6 Å². The molecule has 2 saturated heterocycles. The van der Waals surface area contributed by atoms with Gasteiger partial charge in [0, 0.05) is 11.5 Å². The van der Waals surface area contributed by atoms with Crippen molar-refractivity contribution in [2.45, 2.75) is 18.8 Å². The van der Waals surface area contributed by atoms with E-state index in [2.05, 4.69) is 0 Å². The van der Waals surface area contributed by atoms with Crippen molar-refractivity contribution in [2.75, 3.05) is 16.9 Å². The predicted molar refractivity (Wildman–Crippen MR) is 150 cm³/mol. The maximum Gasteiger partial charge on any atom is 0.238 e. The lowest BCUT2D eigenvalue weighted by atomic mass is 9.57. The Labute approximate surface area is 236 Å². The molecule has 6 atom stereocenters. The van der Waals surface area contributed by atoms with E-state index in [1.807, 2.05) is 18.2 Å². The Morgan fingerprint density at radius 2 is 1.27 bits per heavy atom. The molecule has 2 aliphatic carbocycles. The molecule has 8 nitrogen and oxygen atoms in total. The molecule has 8 heteroatoms. The minimum Gasteiger partial charge on any atom is -0.508 e. The summed E-state index contributed by atoms with van der Waals surface area (Å²) in [7, 11) is 1.50. The second-order valence-corrected chi connectivity index (χ2v) is 11.1. The predicted octanol–water partition coefficient (Wildman–Crippen LogP) is 4.45. The van der Waals surface area contributed by atoms with Gasteiger partial charge in [0.1, 0.15) is 11.5 Å². The summed E-state index contributed by atoms with van der Waals surface area (Å²) >= 11 is 0. The van der Waals surface area contributed by atoms with E-state index in [0.717, 1.165) is 5.57 Å². The highest BCUT2D eigenvalue weighted by Crippen LogP contribution is 2.60. The zero-order chi connectivity index (χ0) is 28.4. The van der Waals surface area contributed by atoms with Gasteiger partial charge in [-0.25, -0.2) is 0 Å². The first-order valence-corrected chi connectivity index (χ1v) is 13.8. The van der Waals surface area contributed by atoms with Crippen LogP contribution in [-0.4, -0.2) is 35.8 Å². The van der Waals surface area contributed by atoms with Gasteiger partial charge in [-0.05, 0) is 55.2 Å². The van der Waals surface area contributed by atoms with Crippen LogP contribution in [-0.2, 0) is 19.2 Å². The van der Waals surface area contributed by atoms with Gasteiger partial charge in [0.15, 0.2) is 0 Å². The molecule has 7 rings (SSSR count). The number of hydrogen-bond acceptors (Lipinski definition) is 6. The normalized spacial score (nSPS) is 28.8. The number of hydrogen-bond donors (Lipinski definition) is 1. The van der Waals surface area contributed by atoms with Gasteiger partial charge in [-0.3, -0.25) is 29.0 Å². The van der Waals surface area contributed by atoms with Gasteiger partial charge >= 0.3 is 0 Å². The van der Waals surface area contributed by atoms with Crippen LogP contribution in [0.25, 0.3) is 0 Å². The van der Waals surface area contributed by atoms with Crippen LogP contribution in [0.5, 0.6) is 11.5 Å². The largest absolute Gasteiger partial charge is 0.508 e. The molecule has 1 N–H and O–H groups in total. The summed E-state index contributed by atoms with van der Waals surface area (Å²) in [5.74, 6) is -4.77. The van der Waals surface area contributed by atoms with Gasteiger partial charge in [0.05, 0.1) is 42.2 Å². The molecule has 4 aliphatic rings. The summed E-state index contributed by atoms with van der Waals surface area (Å²) in [5, 5.41) is 11.1. The summed E-state index contributed by atoms with van der Waals surface area (Å²) in [6, 6.07) is 22.6. The zero-order valence-electron chi connectivity index (χ0n) is 22.3. The number of aromatic hydroxyl groups is 1. The smallest absolute Gasteiger partial charge is 0.238 e. The highest BCUT2D eigenvalue weighted by atomic mass is 16.5. The Kier molecular flexibility index (Phi) is 5.81. The first-order chi connectivity index (χ1) is 19.9. The van der Waals surface area contributed by atoms with Crippen LogP contribution in [0.3, 0.4) is 0 Å². The Hall–Kier alpha value is -4.72. The molecule has 41 heavy (non-hydrogen) atoms. The van der Waals surface area contributed by atoms with Crippen LogP contribution in [0.15, 0.2) is 90.5 Å². The number of allylic oxidation sites excluding steroid dienone is 2. The zero-order valence-corrected chi connectivity index (χ0v) is 22.3. The molecule has 1 saturated carbocycles. The topological polar surface area (TPSA) is 104 Å². The minimum atomic E-state index is -0.790. The average Bonchev–Trinajstić information content (AvgIpc) is 3.40. The van der Waals surface area contributed by atoms with E-state index >= 15 is 0 Å². The minimum absolute atomic E-state index is 0.0464. The maximum absolute atomic E-state index is 14.1. The molecular formula is C33H28N2O6. The Balaban J connectivity index is 1.38. The highest BCUT2D eigenvalue weighted by Gasteiger charge is 2.62. The lowest BCUT2D eigenvalue weighted by Gasteiger charge is -2.44. The van der Waals surface area contributed by atoms with Gasteiger partial charge in [-0.2, -0.15) is 0 Å². The van der Waals surface area contributed by atoms with Crippen LogP contribution in [0.2, 0.25) is 0 Å². The van der Waals surface area contributed by atoms with Crippen molar-refractivity contribution in [3.05, 3.63) is 96.1 Å². The second-order valence-electron chi connectivity index (χ2n) is 11.1. The highest BCUT2D eigenvalue weighted by molar-refractivity contribution is 6.24. The van der Waals surface area contributed by atoms with E-state index in [1.165, 1.54) is 16.9 Å². The average molecular weight is 549 g/mol. The monoisotopic (exact) mass is 548 g/mol. The molecule has 0 bridgehead atoms. The molecule has 2 heterocycles. The quantitative estimate of drug-likeness (QED) is 0.382. The van der Waals surface area contributed by atoms with Crippen LogP contribution in [0.4, 0.5) is 11.4 Å². The summed E-state index contributed by atoms with van der Waals surface area (Å²) < 4.78 is 5.65. The molecule has 2 aliphatic heterocycles. The molecule has 0 radical (unpaired) electrons. The third-order valence-corrected chi connectivity index (χ3v) is 9.25. The number of ether oxygens (including phenoxy) is 1. The number of carbonyl (C=O) groups excluding carboxylic acids is 4. The van der Waals surface area contributed by atoms with Crippen molar-refractivity contribution in [3.8, 4) is 11.5 Å². The number of rotatable bonds is 4. The van der Waals surface area contributed by atoms with Crippen molar-refractivity contribution in [3.63, 3.8) is 0 Å². The van der Waals surface area contributed by atoms with E-state index in [-0.39, 0.29) is 35.8 Å². The number of fused-ring (bicyclic) bond motifs is 4. The molecular weight excluding hydrogens is 520 g/mol. The fraction of sp³-hybridized carbons (Fsp3) is 0.273. The van der Waals surface area contributed by atoms with Gasteiger partial charge in [-0.15, -0.1) is 0 Å². The third kappa shape index (κ3) is 3.59. The van der Waals surface area contributed by atoms with Crippen molar-refractivity contribution in [1.82, 2.24) is 0 Å². The van der Waals surface area contributed by atoms with Gasteiger partial charge in [-0.1, -0.05) is 54.1 Å². The number of anilines is 2. The van der Waals surface area contributed by atoms with Crippen LogP contribution in [0.1, 0.15) is 24.3 Å². The SMILES string of the molecule is COc1cccc(O)c1C1C2=CCC3C(=O)N(c4ccccc4)C(=O)C3C2CC2C(=O)N(c3ccccc3)C(=O)C21. The Morgan fingerprint density at radius 1 is 0.683 bits per heavy atom. The summed E-state index contributed by atoms with van der Waals surface area (Å²) in [6.45, 7) is 0. The third-order valence-electron chi connectivity index (χ3n) is 9.25. The number of amides is 4. The van der Waals surface area contributed by atoms with E-state index in [1.54, 1.807) is 66.7 Å². The van der Waals surface area contributed by atoms with E-state index in [4.69, 9.17) is 4.74 Å². The number of carbonyl (C=O) groups is 4. The van der Waals surface area contributed by atoms with Crippen LogP contribution >= 0.6 is 0 Å². The number of phenols is 1. The number of nitrogens with zero attached hydrogens (tertiary/aromatic N) is 2. The number of methoxy groups -OCH3 is 1. The molecule has 206 valence electrons. The number of para-hydroxylation sites is 2. The van der Waals surface area contributed by atoms with Crippen molar-refractivity contribution in [2.24, 2.45) is 29.6 Å². The molecule has 4 amide bonds. The van der Waals surface area contributed by atoms with Gasteiger partial charge in [0.2, 0.25) is 23.6 Å². The lowest BCUT2D eigenvalue weighted by molar-refractivity contribution is -0.126. The molecule has 0 spiro atoms. The van der Waals surface area contributed by atoms with Crippen molar-refractivity contribution >= 4 is 35.0 Å². The Morgan fingerprint density at radius 3 is 1.88 bits per heavy atom. The lowest BCUT2D eigenvalue weighted by Crippen LogP contribution is -2.43. The van der Waals surface area contributed by atoms with Crippen molar-refractivity contribution < 1.29 is 29.0 Å². The molecule has 0 aromatic heterocycles. The second kappa shape index (κ2) is 9.44. The standard InChI is InChI=1S/C33H28N2O6/c1-41-25-14-8-13-24(36)29(25)27-20-15-16-21-26(32(39)34(30(21)37)18-9-4-2-5-10-18)22(20)17-23-28(27)33(40)35(31(23)38)19-11-6-3-7-12-19/h2-15,21-23,26-28,36H,16-17H2,1H3. The summed E-state index contributed by atoms with van der Waals surface area (Å²) in [5.41, 5.74) is 2.23. The number of phenolic OH excluding ortho intramolecular Hbond substituents is 1. The first kappa shape index (κ1) is 25.3. The van der Waals surface area contributed by atoms with E-state index < -0.39 is 35.5 Å². The first-order valence-electron chi connectivity index (χ1n) is 13.8. The Bertz CT molecular complexity index is 1620. The fourth-order valence-electron chi connectivity index (χ4n) is 7.60. The molecule has 3 aromatic rings. The maximum atomic E-state index is 14.1. The van der Waals surface area contributed by atoms with Gasteiger partial charge in [0.25, 0.3) is 0 Å². The van der Waals surface area contributed by atoms with Gasteiger partial charge < -0.3 is 9.84 Å². The van der Waals surface area contributed by atoms with E-state index in [9.17, 15) is 24.3 Å². The fourth-order valence-corrected chi connectivity index (χ4v) is 7.60. The summed E-state index contributed by atoms with van der Waals surface area (Å²) in [6.07, 6.45) is 2.56. The summed E-state index contributed by atoms with van der Waals surface area (Å²) in [4.78, 5) is 58.2. The molecule has 3 aromatic carbocycles. The van der Waals surface area contributed by atoms with Crippen LogP contribution < -0.4 is 14.5 Å². The van der Waals surface area contributed by atoms with Crippen molar-refractivity contribution in [1.29, 1.82) is 0 Å². The number of benzene rings is 3. The molecule has 6 unspecified atom stereocenters. The molecule has 3 fully saturated rings. The van der Waals surface area contributed by atoms with E-state index in [0.29, 0.717) is 29.1 Å². The number of imide groups is 2.